The molecule has 0 heterocycles. The van der Waals surface area contributed by atoms with Crippen LogP contribution in [-0.2, 0) is 4.74 Å². The molecule has 0 aliphatic carbocycles. The number of anilines is 1. The number of alkyl carbamates (subject to hydrolysis) is 1. The summed E-state index contributed by atoms with van der Waals surface area (Å²) in [4.78, 5) is 10.9. The minimum Gasteiger partial charge on any atom is -0.494 e. The van der Waals surface area contributed by atoms with Gasteiger partial charge in [-0.2, -0.15) is 0 Å². The van der Waals surface area contributed by atoms with E-state index in [9.17, 15) is 4.79 Å². The van der Waals surface area contributed by atoms with Crippen LogP contribution in [0.2, 0.25) is 0 Å². The second-order valence-corrected chi connectivity index (χ2v) is 3.85. The van der Waals surface area contributed by atoms with Crippen molar-refractivity contribution in [3.05, 3.63) is 24.3 Å². The van der Waals surface area contributed by atoms with E-state index in [0.29, 0.717) is 6.61 Å². The van der Waals surface area contributed by atoms with E-state index >= 15 is 0 Å². The molecule has 0 saturated carbocycles. The van der Waals surface area contributed by atoms with Crippen LogP contribution in [0.5, 0.6) is 5.75 Å². The number of ether oxygens (including phenoxy) is 2. The first-order chi connectivity index (χ1) is 8.65. The molecule has 0 saturated heterocycles. The van der Waals surface area contributed by atoms with Gasteiger partial charge in [0, 0.05) is 5.69 Å². The first-order valence-electron chi connectivity index (χ1n) is 5.54. The lowest BCUT2D eigenvalue weighted by atomic mass is 10.3. The maximum atomic E-state index is 10.9. The minimum atomic E-state index is -0.601. The van der Waals surface area contributed by atoms with Crippen molar-refractivity contribution in [3.63, 3.8) is 0 Å². The van der Waals surface area contributed by atoms with Gasteiger partial charge < -0.3 is 14.8 Å². The van der Waals surface area contributed by atoms with Crippen LogP contribution in [-0.4, -0.2) is 24.9 Å². The topological polar surface area (TPSA) is 59.6 Å². The standard InChI is InChI=1S/C12H16N2O3S/c1-3-8-17-10-6-4-9(5-7-10)13-11(18)14-12(15)16-2/h4-7H,3,8H2,1-2H3,(H2,13,14,15,18). The number of hydrogen-bond acceptors (Lipinski definition) is 4. The zero-order chi connectivity index (χ0) is 13.4. The van der Waals surface area contributed by atoms with Crippen molar-refractivity contribution in [2.75, 3.05) is 19.0 Å². The van der Waals surface area contributed by atoms with Gasteiger partial charge in [-0.05, 0) is 42.9 Å². The molecule has 0 radical (unpaired) electrons. The molecule has 1 rings (SSSR count). The van der Waals surface area contributed by atoms with Crippen LogP contribution in [0.4, 0.5) is 10.5 Å². The van der Waals surface area contributed by atoms with Crippen molar-refractivity contribution in [2.45, 2.75) is 13.3 Å². The quantitative estimate of drug-likeness (QED) is 0.822. The molecule has 0 aromatic heterocycles. The summed E-state index contributed by atoms with van der Waals surface area (Å²) in [5.74, 6) is 0.800. The Balaban J connectivity index is 2.47. The summed E-state index contributed by atoms with van der Waals surface area (Å²) in [6.45, 7) is 2.74. The van der Waals surface area contributed by atoms with E-state index in [2.05, 4.69) is 15.4 Å². The zero-order valence-electron chi connectivity index (χ0n) is 10.4. The molecule has 1 aromatic carbocycles. The summed E-state index contributed by atoms with van der Waals surface area (Å²) < 4.78 is 9.87. The molecule has 1 amide bonds. The fourth-order valence-corrected chi connectivity index (χ4v) is 1.36. The first-order valence-corrected chi connectivity index (χ1v) is 5.95. The molecular weight excluding hydrogens is 252 g/mol. The summed E-state index contributed by atoms with van der Waals surface area (Å²) in [5.41, 5.74) is 0.764. The van der Waals surface area contributed by atoms with Crippen molar-refractivity contribution in [3.8, 4) is 5.75 Å². The second-order valence-electron chi connectivity index (χ2n) is 3.44. The largest absolute Gasteiger partial charge is 0.494 e. The molecule has 0 bridgehead atoms. The maximum Gasteiger partial charge on any atom is 0.413 e. The zero-order valence-corrected chi connectivity index (χ0v) is 11.2. The molecule has 18 heavy (non-hydrogen) atoms. The van der Waals surface area contributed by atoms with Gasteiger partial charge in [-0.15, -0.1) is 0 Å². The lowest BCUT2D eigenvalue weighted by Crippen LogP contribution is -2.33. The molecule has 98 valence electrons. The van der Waals surface area contributed by atoms with E-state index in [1.165, 1.54) is 7.11 Å². The van der Waals surface area contributed by atoms with Gasteiger partial charge in [0.2, 0.25) is 0 Å². The van der Waals surface area contributed by atoms with Crippen molar-refractivity contribution in [1.82, 2.24) is 5.32 Å². The van der Waals surface area contributed by atoms with Crippen LogP contribution in [0.15, 0.2) is 24.3 Å². The average Bonchev–Trinajstić information content (AvgIpc) is 2.37. The number of carbonyl (C=O) groups excluding carboxylic acids is 1. The molecule has 5 nitrogen and oxygen atoms in total. The van der Waals surface area contributed by atoms with E-state index in [-0.39, 0.29) is 5.11 Å². The monoisotopic (exact) mass is 268 g/mol. The molecule has 0 aliphatic heterocycles. The highest BCUT2D eigenvalue weighted by Gasteiger charge is 2.03. The summed E-state index contributed by atoms with van der Waals surface area (Å²) in [5, 5.41) is 5.39. The lowest BCUT2D eigenvalue weighted by molar-refractivity contribution is 0.177. The minimum absolute atomic E-state index is 0.184. The van der Waals surface area contributed by atoms with Crippen molar-refractivity contribution >= 4 is 29.1 Å². The van der Waals surface area contributed by atoms with E-state index in [1.807, 2.05) is 31.2 Å². The number of methoxy groups -OCH3 is 1. The number of hydrogen-bond donors (Lipinski definition) is 2. The normalized spacial score (nSPS) is 9.44. The highest BCUT2D eigenvalue weighted by molar-refractivity contribution is 7.80. The Labute approximate surface area is 111 Å². The molecule has 1 aromatic rings. The Hall–Kier alpha value is -1.82. The predicted octanol–water partition coefficient (Wildman–Crippen LogP) is 2.53. The fourth-order valence-electron chi connectivity index (χ4n) is 1.16. The summed E-state index contributed by atoms with van der Waals surface area (Å²) in [7, 11) is 1.28. The van der Waals surface area contributed by atoms with E-state index in [0.717, 1.165) is 17.9 Å². The molecular formula is C12H16N2O3S. The summed E-state index contributed by atoms with van der Waals surface area (Å²) >= 11 is 4.93. The van der Waals surface area contributed by atoms with Gasteiger partial charge in [-0.25, -0.2) is 4.79 Å². The van der Waals surface area contributed by atoms with Crippen molar-refractivity contribution < 1.29 is 14.3 Å². The SMILES string of the molecule is CCCOc1ccc(NC(=S)NC(=O)OC)cc1. The number of benzene rings is 1. The van der Waals surface area contributed by atoms with E-state index < -0.39 is 6.09 Å². The second kappa shape index (κ2) is 7.50. The van der Waals surface area contributed by atoms with Crippen LogP contribution in [0, 0.1) is 0 Å². The highest BCUT2D eigenvalue weighted by Crippen LogP contribution is 2.15. The Morgan fingerprint density at radius 1 is 1.33 bits per heavy atom. The third kappa shape index (κ3) is 5.01. The Bertz CT molecular complexity index is 406. The van der Waals surface area contributed by atoms with Gasteiger partial charge in [-0.3, -0.25) is 5.32 Å². The smallest absolute Gasteiger partial charge is 0.413 e. The molecule has 6 heteroatoms. The van der Waals surface area contributed by atoms with Gasteiger partial charge in [0.25, 0.3) is 0 Å². The van der Waals surface area contributed by atoms with Crippen LogP contribution in [0.3, 0.4) is 0 Å². The Kier molecular flexibility index (Phi) is 5.93. The Morgan fingerprint density at radius 2 is 2.00 bits per heavy atom. The van der Waals surface area contributed by atoms with Gasteiger partial charge in [0.05, 0.1) is 13.7 Å². The molecule has 0 spiro atoms. The average molecular weight is 268 g/mol. The predicted molar refractivity (Wildman–Crippen MR) is 74.0 cm³/mol. The van der Waals surface area contributed by atoms with Crippen LogP contribution < -0.4 is 15.4 Å². The molecule has 0 aliphatic rings. The number of nitrogens with one attached hydrogen (secondary N) is 2. The number of rotatable bonds is 4. The van der Waals surface area contributed by atoms with Gasteiger partial charge in [0.15, 0.2) is 5.11 Å². The lowest BCUT2D eigenvalue weighted by Gasteiger charge is -2.09. The van der Waals surface area contributed by atoms with Gasteiger partial charge in [0.1, 0.15) is 5.75 Å². The van der Waals surface area contributed by atoms with Crippen LogP contribution in [0.1, 0.15) is 13.3 Å². The summed E-state index contributed by atoms with van der Waals surface area (Å²) in [6, 6.07) is 7.30. The molecule has 0 unspecified atom stereocenters. The summed E-state index contributed by atoms with van der Waals surface area (Å²) in [6.07, 6.45) is 0.364. The maximum absolute atomic E-state index is 10.9. The van der Waals surface area contributed by atoms with Crippen molar-refractivity contribution in [1.29, 1.82) is 0 Å². The Morgan fingerprint density at radius 3 is 2.56 bits per heavy atom. The number of amides is 1. The third-order valence-corrected chi connectivity index (χ3v) is 2.19. The molecule has 0 atom stereocenters. The van der Waals surface area contributed by atoms with E-state index in [4.69, 9.17) is 17.0 Å². The highest BCUT2D eigenvalue weighted by atomic mass is 32.1. The fraction of sp³-hybridized carbons (Fsp3) is 0.333. The van der Waals surface area contributed by atoms with E-state index in [1.54, 1.807) is 0 Å². The third-order valence-electron chi connectivity index (χ3n) is 1.99. The van der Waals surface area contributed by atoms with Crippen LogP contribution in [0.25, 0.3) is 0 Å². The molecule has 0 fully saturated rings. The van der Waals surface area contributed by atoms with Crippen LogP contribution >= 0.6 is 12.2 Å². The van der Waals surface area contributed by atoms with Crippen molar-refractivity contribution in [2.24, 2.45) is 0 Å². The number of carbonyl (C=O) groups is 1. The molecule has 2 N–H and O–H groups in total. The number of thiocarbonyl (C=S) groups is 1. The first kappa shape index (κ1) is 14.2. The van der Waals surface area contributed by atoms with Gasteiger partial charge >= 0.3 is 6.09 Å². The van der Waals surface area contributed by atoms with Gasteiger partial charge in [-0.1, -0.05) is 6.92 Å².